The quantitative estimate of drug-likeness (QED) is 0.734. The van der Waals surface area contributed by atoms with E-state index in [0.717, 1.165) is 0 Å². The molecule has 0 bridgehead atoms. The Kier molecular flexibility index (Phi) is 6.98. The highest BCUT2D eigenvalue weighted by Gasteiger charge is 2.24. The molecule has 1 aromatic carbocycles. The van der Waals surface area contributed by atoms with Gasteiger partial charge >= 0.3 is 0 Å². The number of methoxy groups -OCH3 is 3. The van der Waals surface area contributed by atoms with Crippen molar-refractivity contribution in [3.8, 4) is 5.75 Å². The number of nitrogen functional groups attached to an aromatic ring is 1. The van der Waals surface area contributed by atoms with Crippen LogP contribution in [-0.4, -0.2) is 57.9 Å². The summed E-state index contributed by atoms with van der Waals surface area (Å²) in [6.45, 7) is 3.29. The lowest BCUT2D eigenvalue weighted by Gasteiger charge is -2.29. The zero-order chi connectivity index (χ0) is 15.8. The van der Waals surface area contributed by atoms with Gasteiger partial charge in [0.25, 0.3) is 5.91 Å². The third kappa shape index (κ3) is 4.61. The van der Waals surface area contributed by atoms with Crippen molar-refractivity contribution in [2.45, 2.75) is 13.0 Å². The minimum atomic E-state index is -0.152. The maximum atomic E-state index is 12.8. The first-order valence-electron chi connectivity index (χ1n) is 6.77. The molecule has 0 aliphatic rings. The van der Waals surface area contributed by atoms with E-state index in [9.17, 15) is 4.79 Å². The average Bonchev–Trinajstić information content (AvgIpc) is 2.47. The lowest BCUT2D eigenvalue weighted by molar-refractivity contribution is 0.0477. The SMILES string of the molecule is COCCN(C(=O)c1cc(N)ccc1OC)C(C)COC. The second-order valence-corrected chi connectivity index (χ2v) is 4.76. The van der Waals surface area contributed by atoms with Crippen molar-refractivity contribution < 1.29 is 19.0 Å². The van der Waals surface area contributed by atoms with E-state index in [4.69, 9.17) is 19.9 Å². The van der Waals surface area contributed by atoms with Crippen LogP contribution in [-0.2, 0) is 9.47 Å². The number of carbonyl (C=O) groups is 1. The number of nitrogens with zero attached hydrogens (tertiary/aromatic N) is 1. The number of nitrogens with two attached hydrogens (primary N) is 1. The monoisotopic (exact) mass is 296 g/mol. The first kappa shape index (κ1) is 17.3. The fraction of sp³-hybridized carbons (Fsp3) is 0.533. The van der Waals surface area contributed by atoms with Crippen molar-refractivity contribution in [2.75, 3.05) is 46.8 Å². The summed E-state index contributed by atoms with van der Waals surface area (Å²) >= 11 is 0. The number of carbonyl (C=O) groups excluding carboxylic acids is 1. The summed E-state index contributed by atoms with van der Waals surface area (Å²) in [6, 6.07) is 4.94. The molecule has 0 spiro atoms. The molecule has 118 valence electrons. The number of ether oxygens (including phenoxy) is 3. The van der Waals surface area contributed by atoms with Crippen molar-refractivity contribution >= 4 is 11.6 Å². The minimum Gasteiger partial charge on any atom is -0.496 e. The predicted octanol–water partition coefficient (Wildman–Crippen LogP) is 1.40. The van der Waals surface area contributed by atoms with Crippen LogP contribution >= 0.6 is 0 Å². The van der Waals surface area contributed by atoms with Crippen LogP contribution in [0.25, 0.3) is 0 Å². The molecule has 0 radical (unpaired) electrons. The highest BCUT2D eigenvalue weighted by atomic mass is 16.5. The van der Waals surface area contributed by atoms with E-state index in [0.29, 0.717) is 36.8 Å². The molecule has 0 heterocycles. The predicted molar refractivity (Wildman–Crippen MR) is 81.7 cm³/mol. The van der Waals surface area contributed by atoms with E-state index in [1.54, 1.807) is 37.3 Å². The second-order valence-electron chi connectivity index (χ2n) is 4.76. The number of rotatable bonds is 8. The highest BCUT2D eigenvalue weighted by molar-refractivity contribution is 5.98. The third-order valence-electron chi connectivity index (χ3n) is 3.19. The van der Waals surface area contributed by atoms with Crippen LogP contribution in [0, 0.1) is 0 Å². The summed E-state index contributed by atoms with van der Waals surface area (Å²) in [6.07, 6.45) is 0. The van der Waals surface area contributed by atoms with Crippen LogP contribution in [0.5, 0.6) is 5.75 Å². The highest BCUT2D eigenvalue weighted by Crippen LogP contribution is 2.23. The summed E-state index contributed by atoms with van der Waals surface area (Å²) in [7, 11) is 4.74. The van der Waals surface area contributed by atoms with Gasteiger partial charge in [-0.1, -0.05) is 0 Å². The van der Waals surface area contributed by atoms with Crippen LogP contribution in [0.2, 0.25) is 0 Å². The van der Waals surface area contributed by atoms with Crippen LogP contribution in [0.3, 0.4) is 0 Å². The molecule has 1 rings (SSSR count). The summed E-state index contributed by atoms with van der Waals surface area (Å²) in [5.41, 5.74) is 6.74. The molecule has 6 nitrogen and oxygen atoms in total. The molecule has 0 aliphatic heterocycles. The summed E-state index contributed by atoms with van der Waals surface area (Å²) in [5.74, 6) is 0.349. The van der Waals surface area contributed by atoms with Gasteiger partial charge in [-0.25, -0.2) is 0 Å². The molecule has 0 saturated heterocycles. The molecule has 0 saturated carbocycles. The van der Waals surface area contributed by atoms with Gasteiger partial charge in [0.05, 0.1) is 31.9 Å². The molecule has 1 atom stereocenters. The molecule has 1 unspecified atom stereocenters. The Hall–Kier alpha value is -1.79. The smallest absolute Gasteiger partial charge is 0.258 e. The second kappa shape index (κ2) is 8.49. The Bertz CT molecular complexity index is 465. The van der Waals surface area contributed by atoms with Gasteiger partial charge in [-0.15, -0.1) is 0 Å². The molecule has 21 heavy (non-hydrogen) atoms. The average molecular weight is 296 g/mol. The Morgan fingerprint density at radius 3 is 2.57 bits per heavy atom. The molecule has 2 N–H and O–H groups in total. The Balaban J connectivity index is 3.06. The van der Waals surface area contributed by atoms with E-state index < -0.39 is 0 Å². The van der Waals surface area contributed by atoms with E-state index in [1.807, 2.05) is 6.92 Å². The summed E-state index contributed by atoms with van der Waals surface area (Å²) in [4.78, 5) is 14.5. The molecular formula is C15H24N2O4. The van der Waals surface area contributed by atoms with Gasteiger partial charge in [0.15, 0.2) is 0 Å². The van der Waals surface area contributed by atoms with Crippen molar-refractivity contribution in [1.29, 1.82) is 0 Å². The Morgan fingerprint density at radius 1 is 1.29 bits per heavy atom. The normalized spacial score (nSPS) is 12.0. The Labute approximate surface area is 125 Å². The Morgan fingerprint density at radius 2 is 2.00 bits per heavy atom. The standard InChI is InChI=1S/C15H24N2O4/c1-11(10-20-3)17(7-8-19-2)15(18)13-9-12(16)5-6-14(13)21-4/h5-6,9,11H,7-8,10,16H2,1-4H3. The lowest BCUT2D eigenvalue weighted by Crippen LogP contribution is -2.43. The maximum absolute atomic E-state index is 12.8. The number of anilines is 1. The van der Waals surface area contributed by atoms with Gasteiger partial charge in [-0.2, -0.15) is 0 Å². The van der Waals surface area contributed by atoms with Crippen molar-refractivity contribution in [3.05, 3.63) is 23.8 Å². The lowest BCUT2D eigenvalue weighted by atomic mass is 10.1. The van der Waals surface area contributed by atoms with E-state index >= 15 is 0 Å². The number of amides is 1. The van der Waals surface area contributed by atoms with Crippen molar-refractivity contribution in [1.82, 2.24) is 4.90 Å². The molecule has 6 heteroatoms. The zero-order valence-corrected chi connectivity index (χ0v) is 13.1. The van der Waals surface area contributed by atoms with Crippen molar-refractivity contribution in [3.63, 3.8) is 0 Å². The fourth-order valence-corrected chi connectivity index (χ4v) is 2.09. The topological polar surface area (TPSA) is 74.0 Å². The van der Waals surface area contributed by atoms with Crippen LogP contribution < -0.4 is 10.5 Å². The first-order chi connectivity index (χ1) is 10.0. The largest absolute Gasteiger partial charge is 0.496 e. The molecule has 0 fully saturated rings. The van der Waals surface area contributed by atoms with Gasteiger partial charge in [0.2, 0.25) is 0 Å². The molecule has 0 aromatic heterocycles. The zero-order valence-electron chi connectivity index (χ0n) is 13.1. The molecule has 0 aliphatic carbocycles. The molecule has 1 aromatic rings. The third-order valence-corrected chi connectivity index (χ3v) is 3.19. The van der Waals surface area contributed by atoms with Gasteiger partial charge in [-0.05, 0) is 25.1 Å². The van der Waals surface area contributed by atoms with Crippen LogP contribution in [0.4, 0.5) is 5.69 Å². The number of benzene rings is 1. The van der Waals surface area contributed by atoms with E-state index in [1.165, 1.54) is 7.11 Å². The summed E-state index contributed by atoms with van der Waals surface area (Å²) in [5, 5.41) is 0. The molecule has 1 amide bonds. The van der Waals surface area contributed by atoms with Gasteiger partial charge in [-0.3, -0.25) is 4.79 Å². The van der Waals surface area contributed by atoms with Crippen LogP contribution in [0.1, 0.15) is 17.3 Å². The van der Waals surface area contributed by atoms with Gasteiger partial charge in [0, 0.05) is 26.5 Å². The number of hydrogen-bond donors (Lipinski definition) is 1. The first-order valence-corrected chi connectivity index (χ1v) is 6.77. The van der Waals surface area contributed by atoms with Crippen molar-refractivity contribution in [2.24, 2.45) is 0 Å². The number of hydrogen-bond acceptors (Lipinski definition) is 5. The van der Waals surface area contributed by atoms with E-state index in [2.05, 4.69) is 0 Å². The maximum Gasteiger partial charge on any atom is 0.258 e. The molecular weight excluding hydrogens is 272 g/mol. The minimum absolute atomic E-state index is 0.0798. The van der Waals surface area contributed by atoms with Crippen LogP contribution in [0.15, 0.2) is 18.2 Å². The summed E-state index contributed by atoms with van der Waals surface area (Å²) < 4.78 is 15.5. The van der Waals surface area contributed by atoms with E-state index in [-0.39, 0.29) is 11.9 Å². The van der Waals surface area contributed by atoms with Gasteiger partial charge < -0.3 is 24.8 Å². The van der Waals surface area contributed by atoms with Gasteiger partial charge in [0.1, 0.15) is 5.75 Å². The fourth-order valence-electron chi connectivity index (χ4n) is 2.09.